The molecule has 1 aromatic carbocycles. The van der Waals surface area contributed by atoms with E-state index >= 15 is 0 Å². The van der Waals surface area contributed by atoms with Crippen LogP contribution in [0.5, 0.6) is 0 Å². The van der Waals surface area contributed by atoms with E-state index in [-0.39, 0.29) is 11.7 Å². The van der Waals surface area contributed by atoms with Gasteiger partial charge in [-0.25, -0.2) is 4.98 Å². The lowest BCUT2D eigenvalue weighted by molar-refractivity contribution is -0.113. The maximum Gasteiger partial charge on any atom is 0.234 e. The second kappa shape index (κ2) is 7.45. The number of carbonyl (C=O) groups excluding carboxylic acids is 1. The van der Waals surface area contributed by atoms with E-state index < -0.39 is 0 Å². The first kappa shape index (κ1) is 18.2. The topological polar surface area (TPSA) is 77.1 Å². The van der Waals surface area contributed by atoms with Crippen LogP contribution >= 0.6 is 39.0 Å². The standard InChI is InChI=1S/C17H15BrN6OS2/c1-10-14(24-7-8-26-16(24)19-10)15-21-22-17(23(15)2)27-9-13(25)20-12-5-3-11(18)4-6-12/h3-8H,9H2,1-2H3,(H,20,25). The zero-order valence-electron chi connectivity index (χ0n) is 14.5. The van der Waals surface area contributed by atoms with Crippen molar-refractivity contribution >= 4 is 55.6 Å². The van der Waals surface area contributed by atoms with E-state index in [2.05, 4.69) is 36.4 Å². The smallest absolute Gasteiger partial charge is 0.234 e. The van der Waals surface area contributed by atoms with E-state index in [9.17, 15) is 4.79 Å². The van der Waals surface area contributed by atoms with Gasteiger partial charge in [0.1, 0.15) is 5.69 Å². The summed E-state index contributed by atoms with van der Waals surface area (Å²) in [6.45, 7) is 1.96. The molecule has 27 heavy (non-hydrogen) atoms. The summed E-state index contributed by atoms with van der Waals surface area (Å²) in [6.07, 6.45) is 1.97. The maximum absolute atomic E-state index is 12.2. The monoisotopic (exact) mass is 462 g/mol. The molecular weight excluding hydrogens is 448 g/mol. The van der Waals surface area contributed by atoms with Gasteiger partial charge in [0.2, 0.25) is 5.91 Å². The molecule has 4 rings (SSSR count). The van der Waals surface area contributed by atoms with Gasteiger partial charge in [-0.15, -0.1) is 21.5 Å². The zero-order valence-corrected chi connectivity index (χ0v) is 17.7. The minimum Gasteiger partial charge on any atom is -0.325 e. The average molecular weight is 463 g/mol. The van der Waals surface area contributed by atoms with Crippen LogP contribution in [0.3, 0.4) is 0 Å². The van der Waals surface area contributed by atoms with E-state index in [1.807, 2.05) is 58.8 Å². The summed E-state index contributed by atoms with van der Waals surface area (Å²) in [5, 5.41) is 14.1. The number of nitrogens with zero attached hydrogens (tertiary/aromatic N) is 5. The largest absolute Gasteiger partial charge is 0.325 e. The third-order valence-electron chi connectivity index (χ3n) is 3.94. The van der Waals surface area contributed by atoms with E-state index in [4.69, 9.17) is 0 Å². The number of carbonyl (C=O) groups is 1. The van der Waals surface area contributed by atoms with Crippen molar-refractivity contribution in [2.24, 2.45) is 7.05 Å². The number of fused-ring (bicyclic) bond motifs is 1. The number of thiazole rings is 1. The highest BCUT2D eigenvalue weighted by atomic mass is 79.9. The second-order valence-electron chi connectivity index (χ2n) is 5.81. The molecule has 0 atom stereocenters. The molecule has 0 aliphatic rings. The van der Waals surface area contributed by atoms with Gasteiger partial charge in [-0.3, -0.25) is 9.20 Å². The Balaban J connectivity index is 1.48. The molecule has 0 aliphatic carbocycles. The highest BCUT2D eigenvalue weighted by Crippen LogP contribution is 2.28. The van der Waals surface area contributed by atoms with Crippen molar-refractivity contribution < 1.29 is 4.79 Å². The van der Waals surface area contributed by atoms with Crippen molar-refractivity contribution in [2.75, 3.05) is 11.1 Å². The lowest BCUT2D eigenvalue weighted by Gasteiger charge is -2.06. The Kier molecular flexibility index (Phi) is 5.02. The van der Waals surface area contributed by atoms with Crippen molar-refractivity contribution in [3.63, 3.8) is 0 Å². The molecular formula is C17H15BrN6OS2. The molecule has 1 amide bonds. The number of amides is 1. The molecule has 10 heteroatoms. The lowest BCUT2D eigenvalue weighted by atomic mass is 10.3. The number of rotatable bonds is 5. The summed E-state index contributed by atoms with van der Waals surface area (Å²) in [4.78, 5) is 17.7. The number of thioether (sulfide) groups is 1. The van der Waals surface area contributed by atoms with Crippen molar-refractivity contribution in [3.05, 3.63) is 46.0 Å². The summed E-state index contributed by atoms with van der Waals surface area (Å²) in [7, 11) is 1.90. The Hall–Kier alpha value is -2.17. The van der Waals surface area contributed by atoms with Crippen LogP contribution in [0.4, 0.5) is 5.69 Å². The Morgan fingerprint density at radius 2 is 2.07 bits per heavy atom. The summed E-state index contributed by atoms with van der Waals surface area (Å²) >= 11 is 6.31. The lowest BCUT2D eigenvalue weighted by Crippen LogP contribution is -2.14. The summed E-state index contributed by atoms with van der Waals surface area (Å²) in [6, 6.07) is 7.47. The molecule has 0 saturated carbocycles. The molecule has 1 N–H and O–H groups in total. The van der Waals surface area contributed by atoms with E-state index in [0.29, 0.717) is 5.16 Å². The number of nitrogens with one attached hydrogen (secondary N) is 1. The van der Waals surface area contributed by atoms with Crippen molar-refractivity contribution in [1.82, 2.24) is 24.1 Å². The van der Waals surface area contributed by atoms with Crippen molar-refractivity contribution in [1.29, 1.82) is 0 Å². The number of benzene rings is 1. The number of aryl methyl sites for hydroxylation is 1. The molecule has 0 aliphatic heterocycles. The predicted molar refractivity (Wildman–Crippen MR) is 111 cm³/mol. The third-order valence-corrected chi connectivity index (χ3v) is 6.25. The number of anilines is 1. The fraction of sp³-hybridized carbons (Fsp3) is 0.176. The van der Waals surface area contributed by atoms with Crippen LogP contribution in [0.2, 0.25) is 0 Å². The first-order valence-electron chi connectivity index (χ1n) is 8.03. The molecule has 0 bridgehead atoms. The van der Waals surface area contributed by atoms with Gasteiger partial charge in [-0.2, -0.15) is 0 Å². The Morgan fingerprint density at radius 1 is 1.30 bits per heavy atom. The van der Waals surface area contributed by atoms with Gasteiger partial charge in [0.25, 0.3) is 0 Å². The highest BCUT2D eigenvalue weighted by Gasteiger charge is 2.19. The molecule has 0 fully saturated rings. The van der Waals surface area contributed by atoms with Crippen molar-refractivity contribution in [2.45, 2.75) is 12.1 Å². The average Bonchev–Trinajstić information content (AvgIpc) is 3.30. The molecule has 3 aromatic heterocycles. The van der Waals surface area contributed by atoms with E-state index in [0.717, 1.165) is 32.3 Å². The SMILES string of the molecule is Cc1nc2sccn2c1-c1nnc(SCC(=O)Nc2ccc(Br)cc2)n1C. The van der Waals surface area contributed by atoms with Crippen LogP contribution in [0, 0.1) is 6.92 Å². The molecule has 0 spiro atoms. The molecule has 7 nitrogen and oxygen atoms in total. The van der Waals surface area contributed by atoms with Crippen LogP contribution in [0.1, 0.15) is 5.69 Å². The fourth-order valence-corrected chi connectivity index (χ4v) is 4.41. The van der Waals surface area contributed by atoms with Crippen LogP contribution < -0.4 is 5.32 Å². The number of halogens is 1. The Morgan fingerprint density at radius 3 is 2.85 bits per heavy atom. The number of imidazole rings is 1. The predicted octanol–water partition coefficient (Wildman–Crippen LogP) is 3.99. The van der Waals surface area contributed by atoms with Crippen LogP contribution in [0.25, 0.3) is 16.5 Å². The van der Waals surface area contributed by atoms with Gasteiger partial charge in [-0.05, 0) is 31.2 Å². The first-order chi connectivity index (χ1) is 13.0. The minimum absolute atomic E-state index is 0.0902. The molecule has 0 unspecified atom stereocenters. The van der Waals surface area contributed by atoms with E-state index in [1.165, 1.54) is 11.8 Å². The quantitative estimate of drug-likeness (QED) is 0.453. The normalized spacial score (nSPS) is 11.2. The molecule has 3 heterocycles. The van der Waals surface area contributed by atoms with Crippen molar-refractivity contribution in [3.8, 4) is 11.5 Å². The van der Waals surface area contributed by atoms with Crippen LogP contribution in [-0.4, -0.2) is 35.8 Å². The summed E-state index contributed by atoms with van der Waals surface area (Å²) in [5.41, 5.74) is 2.59. The van der Waals surface area contributed by atoms with Crippen LogP contribution in [0.15, 0.2) is 45.5 Å². The third kappa shape index (κ3) is 3.64. The van der Waals surface area contributed by atoms with E-state index in [1.54, 1.807) is 11.3 Å². The molecule has 0 radical (unpaired) electrons. The minimum atomic E-state index is -0.0902. The van der Waals surface area contributed by atoms with Gasteiger partial charge in [-0.1, -0.05) is 27.7 Å². The first-order valence-corrected chi connectivity index (χ1v) is 10.7. The maximum atomic E-state index is 12.2. The fourth-order valence-electron chi connectivity index (χ4n) is 2.67. The summed E-state index contributed by atoms with van der Waals surface area (Å²) < 4.78 is 4.88. The van der Waals surface area contributed by atoms with Gasteiger partial charge in [0.05, 0.1) is 11.4 Å². The summed E-state index contributed by atoms with van der Waals surface area (Å²) in [5.74, 6) is 0.892. The Labute approximate surface area is 172 Å². The number of hydrogen-bond donors (Lipinski definition) is 1. The molecule has 0 saturated heterocycles. The zero-order chi connectivity index (χ0) is 19.0. The van der Waals surface area contributed by atoms with Gasteiger partial charge in [0.15, 0.2) is 15.9 Å². The van der Waals surface area contributed by atoms with Gasteiger partial charge < -0.3 is 9.88 Å². The number of aromatic nitrogens is 5. The number of hydrogen-bond acceptors (Lipinski definition) is 6. The van der Waals surface area contributed by atoms with Gasteiger partial charge >= 0.3 is 0 Å². The second-order valence-corrected chi connectivity index (χ2v) is 8.54. The van der Waals surface area contributed by atoms with Crippen LogP contribution in [-0.2, 0) is 11.8 Å². The van der Waals surface area contributed by atoms with Gasteiger partial charge in [0, 0.05) is 28.8 Å². The molecule has 4 aromatic rings. The molecule has 138 valence electrons. The Bertz CT molecular complexity index is 1110. The highest BCUT2D eigenvalue weighted by molar-refractivity contribution is 9.10.